The normalized spacial score (nSPS) is 8.45. The van der Waals surface area contributed by atoms with Gasteiger partial charge in [-0.3, -0.25) is 0 Å². The molecule has 0 spiro atoms. The molecule has 0 saturated heterocycles. The summed E-state index contributed by atoms with van der Waals surface area (Å²) in [6.45, 7) is 1.90. The Morgan fingerprint density at radius 3 is 2.09 bits per heavy atom. The fraction of sp³-hybridized carbons (Fsp3) is 0.125. The van der Waals surface area contributed by atoms with Crippen LogP contribution in [0.2, 0.25) is 0 Å². The van der Waals surface area contributed by atoms with Crippen LogP contribution in [0.15, 0.2) is 24.3 Å². The second kappa shape index (κ2) is 5.40. The number of carboxylic acids is 1. The second-order valence-corrected chi connectivity index (χ2v) is 2.15. The summed E-state index contributed by atoms with van der Waals surface area (Å²) in [5.41, 5.74) is 1.27. The van der Waals surface area contributed by atoms with Crippen LogP contribution in [0.3, 0.4) is 0 Å². The SMILES string of the molecule is Cc1ccc(C(=O)[O-])cc1.[Cs+]. The minimum atomic E-state index is -1.12. The van der Waals surface area contributed by atoms with Crippen LogP contribution in [-0.2, 0) is 0 Å². The number of carboxylic acid groups (broad SMARTS) is 1. The van der Waals surface area contributed by atoms with E-state index in [0.717, 1.165) is 5.56 Å². The molecule has 0 amide bonds. The van der Waals surface area contributed by atoms with Crippen molar-refractivity contribution in [3.8, 4) is 0 Å². The Bertz CT molecular complexity index is 241. The van der Waals surface area contributed by atoms with Gasteiger partial charge in [0.25, 0.3) is 0 Å². The molecular weight excluding hydrogens is 261 g/mol. The Morgan fingerprint density at radius 1 is 1.27 bits per heavy atom. The Labute approximate surface area is 124 Å². The van der Waals surface area contributed by atoms with Gasteiger partial charge in [-0.25, -0.2) is 0 Å². The molecule has 3 heteroatoms. The molecular formula is C8H7CsO2. The van der Waals surface area contributed by atoms with E-state index in [9.17, 15) is 9.90 Å². The fourth-order valence-corrected chi connectivity index (χ4v) is 0.690. The first-order chi connectivity index (χ1) is 4.70. The van der Waals surface area contributed by atoms with E-state index in [1.54, 1.807) is 12.1 Å². The van der Waals surface area contributed by atoms with Crippen LogP contribution in [0.1, 0.15) is 15.9 Å². The quantitative estimate of drug-likeness (QED) is 0.559. The van der Waals surface area contributed by atoms with Crippen LogP contribution in [0.25, 0.3) is 0 Å². The van der Waals surface area contributed by atoms with Crippen molar-refractivity contribution in [2.24, 2.45) is 0 Å². The first kappa shape index (κ1) is 11.7. The van der Waals surface area contributed by atoms with Crippen LogP contribution in [-0.4, -0.2) is 5.97 Å². The Morgan fingerprint density at radius 2 is 1.73 bits per heavy atom. The average Bonchev–Trinajstić information content (AvgIpc) is 1.88. The van der Waals surface area contributed by atoms with Crippen LogP contribution < -0.4 is 74.0 Å². The molecule has 0 radical (unpaired) electrons. The molecule has 0 heterocycles. The van der Waals surface area contributed by atoms with Gasteiger partial charge < -0.3 is 9.90 Å². The second-order valence-electron chi connectivity index (χ2n) is 2.15. The Hall–Kier alpha value is 0.742. The standard InChI is InChI=1S/C8H8O2.Cs/c1-6-2-4-7(5-3-6)8(9)10;/h2-5H,1H3,(H,9,10);/q;+1/p-1. The predicted molar refractivity (Wildman–Crippen MR) is 35.5 cm³/mol. The summed E-state index contributed by atoms with van der Waals surface area (Å²) in [5, 5.41) is 10.2. The minimum absolute atomic E-state index is 0. The number of rotatable bonds is 1. The molecule has 1 aromatic carbocycles. The third-order valence-corrected chi connectivity index (χ3v) is 1.29. The number of hydrogen-bond acceptors (Lipinski definition) is 2. The average molecular weight is 268 g/mol. The monoisotopic (exact) mass is 268 g/mol. The van der Waals surface area contributed by atoms with Crippen molar-refractivity contribution in [3.05, 3.63) is 35.4 Å². The van der Waals surface area contributed by atoms with Crippen LogP contribution in [0.5, 0.6) is 0 Å². The minimum Gasteiger partial charge on any atom is -0.545 e. The largest absolute Gasteiger partial charge is 1.00 e. The molecule has 2 nitrogen and oxygen atoms in total. The van der Waals surface area contributed by atoms with Crippen molar-refractivity contribution in [1.29, 1.82) is 0 Å². The van der Waals surface area contributed by atoms with E-state index in [4.69, 9.17) is 0 Å². The molecule has 0 aliphatic carbocycles. The summed E-state index contributed by atoms with van der Waals surface area (Å²) in [6, 6.07) is 6.55. The first-order valence-corrected chi connectivity index (χ1v) is 2.98. The summed E-state index contributed by atoms with van der Waals surface area (Å²) in [4.78, 5) is 10.2. The van der Waals surface area contributed by atoms with Gasteiger partial charge in [-0.05, 0) is 12.5 Å². The molecule has 0 bridgehead atoms. The number of carbonyl (C=O) groups excluding carboxylic acids is 1. The maximum atomic E-state index is 10.2. The number of hydrogen-bond donors (Lipinski definition) is 0. The van der Waals surface area contributed by atoms with Gasteiger partial charge in [-0.1, -0.05) is 29.8 Å². The third-order valence-electron chi connectivity index (χ3n) is 1.29. The molecule has 1 rings (SSSR count). The van der Waals surface area contributed by atoms with E-state index in [-0.39, 0.29) is 74.5 Å². The van der Waals surface area contributed by atoms with Crippen molar-refractivity contribution in [2.45, 2.75) is 6.92 Å². The zero-order valence-corrected chi connectivity index (χ0v) is 12.9. The van der Waals surface area contributed by atoms with Gasteiger partial charge in [0, 0.05) is 0 Å². The molecule has 0 atom stereocenters. The summed E-state index contributed by atoms with van der Waals surface area (Å²) >= 11 is 0. The van der Waals surface area contributed by atoms with Gasteiger partial charge in [-0.2, -0.15) is 0 Å². The molecule has 0 aliphatic heterocycles. The maximum absolute atomic E-state index is 10.2. The van der Waals surface area contributed by atoms with Crippen molar-refractivity contribution < 1.29 is 78.8 Å². The summed E-state index contributed by atoms with van der Waals surface area (Å²) < 4.78 is 0. The number of carbonyl (C=O) groups is 1. The van der Waals surface area contributed by atoms with Gasteiger partial charge in [0.2, 0.25) is 0 Å². The summed E-state index contributed by atoms with van der Waals surface area (Å²) in [5.74, 6) is -1.12. The predicted octanol–water partition coefficient (Wildman–Crippen LogP) is -2.64. The maximum Gasteiger partial charge on any atom is 1.00 e. The third kappa shape index (κ3) is 3.78. The van der Waals surface area contributed by atoms with Gasteiger partial charge in [0.1, 0.15) is 0 Å². The van der Waals surface area contributed by atoms with Crippen molar-refractivity contribution in [3.63, 3.8) is 0 Å². The van der Waals surface area contributed by atoms with Gasteiger partial charge >= 0.3 is 68.9 Å². The molecule has 1 aromatic rings. The van der Waals surface area contributed by atoms with Gasteiger partial charge in [-0.15, -0.1) is 0 Å². The molecule has 0 unspecified atom stereocenters. The zero-order valence-electron chi connectivity index (χ0n) is 6.63. The van der Waals surface area contributed by atoms with Crippen molar-refractivity contribution in [1.82, 2.24) is 0 Å². The molecule has 0 saturated carbocycles. The topological polar surface area (TPSA) is 40.1 Å². The van der Waals surface area contributed by atoms with Crippen molar-refractivity contribution >= 4 is 5.97 Å². The molecule has 11 heavy (non-hydrogen) atoms. The fourth-order valence-electron chi connectivity index (χ4n) is 0.690. The van der Waals surface area contributed by atoms with Crippen LogP contribution in [0.4, 0.5) is 0 Å². The van der Waals surface area contributed by atoms with Crippen molar-refractivity contribution in [2.75, 3.05) is 0 Å². The number of aromatic carboxylic acids is 1. The van der Waals surface area contributed by atoms with E-state index >= 15 is 0 Å². The number of aryl methyl sites for hydroxylation is 1. The summed E-state index contributed by atoms with van der Waals surface area (Å²) in [6.07, 6.45) is 0. The van der Waals surface area contributed by atoms with E-state index < -0.39 is 5.97 Å². The summed E-state index contributed by atoms with van der Waals surface area (Å²) in [7, 11) is 0. The Balaban J connectivity index is 0.000001000. The van der Waals surface area contributed by atoms with E-state index in [2.05, 4.69) is 0 Å². The smallest absolute Gasteiger partial charge is 0.545 e. The first-order valence-electron chi connectivity index (χ1n) is 2.98. The van der Waals surface area contributed by atoms with Crippen LogP contribution >= 0.6 is 0 Å². The van der Waals surface area contributed by atoms with E-state index in [1.165, 1.54) is 12.1 Å². The van der Waals surface area contributed by atoms with E-state index in [1.807, 2.05) is 6.92 Å². The Kier molecular flexibility index (Phi) is 5.76. The molecule has 0 aromatic heterocycles. The van der Waals surface area contributed by atoms with E-state index in [0.29, 0.717) is 0 Å². The van der Waals surface area contributed by atoms with Gasteiger partial charge in [0.05, 0.1) is 5.97 Å². The molecule has 0 N–H and O–H groups in total. The van der Waals surface area contributed by atoms with Crippen LogP contribution in [0, 0.1) is 6.92 Å². The zero-order chi connectivity index (χ0) is 7.56. The van der Waals surface area contributed by atoms with Gasteiger partial charge in [0.15, 0.2) is 0 Å². The number of benzene rings is 1. The molecule has 52 valence electrons. The molecule has 0 aliphatic rings. The molecule has 0 fully saturated rings.